The van der Waals surface area contributed by atoms with Gasteiger partial charge < -0.3 is 4.57 Å². The van der Waals surface area contributed by atoms with Gasteiger partial charge in [0, 0.05) is 18.9 Å². The number of para-hydroxylation sites is 1. The summed E-state index contributed by atoms with van der Waals surface area (Å²) < 4.78 is 53.2. The Kier molecular flexibility index (Phi) is 6.86. The average Bonchev–Trinajstić information content (AvgIpc) is 3.20. The monoisotopic (exact) mass is 539 g/mol. The molecule has 0 aliphatic carbocycles. The third kappa shape index (κ3) is 4.97. The predicted molar refractivity (Wildman–Crippen MR) is 140 cm³/mol. The third-order valence-electron chi connectivity index (χ3n) is 5.41. The van der Waals surface area contributed by atoms with E-state index in [9.17, 15) is 21.6 Å². The fraction of sp³-hybridized carbons (Fsp3) is 0.120. The van der Waals surface area contributed by atoms with Crippen molar-refractivity contribution in [2.45, 2.75) is 16.3 Å². The highest BCUT2D eigenvalue weighted by Gasteiger charge is 2.21. The van der Waals surface area contributed by atoms with Gasteiger partial charge in [0.2, 0.25) is 0 Å². The van der Waals surface area contributed by atoms with Crippen molar-refractivity contribution in [3.05, 3.63) is 83.2 Å². The second-order valence-corrected chi connectivity index (χ2v) is 12.8. The van der Waals surface area contributed by atoms with E-state index in [-0.39, 0.29) is 21.9 Å². The summed E-state index contributed by atoms with van der Waals surface area (Å²) in [5.74, 6) is 1.93. The Morgan fingerprint density at radius 2 is 1.64 bits per heavy atom. The number of sulfone groups is 1. The van der Waals surface area contributed by atoms with Crippen LogP contribution in [0.4, 0.5) is 5.69 Å². The lowest BCUT2D eigenvalue weighted by atomic mass is 10.2. The van der Waals surface area contributed by atoms with Crippen molar-refractivity contribution in [1.82, 2.24) is 4.57 Å². The van der Waals surface area contributed by atoms with Gasteiger partial charge in [-0.1, -0.05) is 35.5 Å². The number of thiazole rings is 1. The number of rotatable bonds is 6. The quantitative estimate of drug-likeness (QED) is 0.350. The van der Waals surface area contributed by atoms with Gasteiger partial charge in [0.15, 0.2) is 14.6 Å². The van der Waals surface area contributed by atoms with Gasteiger partial charge in [0.25, 0.3) is 15.9 Å². The lowest BCUT2D eigenvalue weighted by Gasteiger charge is -2.19. The van der Waals surface area contributed by atoms with Crippen LogP contribution in [0.2, 0.25) is 0 Å². The number of carbonyl (C=O) groups excluding carboxylic acids is 1. The summed E-state index contributed by atoms with van der Waals surface area (Å²) in [5, 5.41) is 0. The van der Waals surface area contributed by atoms with Gasteiger partial charge in [0.1, 0.15) is 0 Å². The number of anilines is 1. The highest BCUT2D eigenvalue weighted by molar-refractivity contribution is 7.92. The molecule has 184 valence electrons. The van der Waals surface area contributed by atoms with Crippen LogP contribution in [0.3, 0.4) is 0 Å². The van der Waals surface area contributed by atoms with Crippen LogP contribution in [0.15, 0.2) is 87.6 Å². The molecule has 11 heteroatoms. The van der Waals surface area contributed by atoms with Crippen LogP contribution in [-0.2, 0) is 26.4 Å². The van der Waals surface area contributed by atoms with E-state index < -0.39 is 25.8 Å². The molecule has 4 aromatic rings. The molecule has 0 bridgehead atoms. The van der Waals surface area contributed by atoms with Gasteiger partial charge in [-0.05, 0) is 54.6 Å². The topological polar surface area (TPSA) is 106 Å². The maximum Gasteiger partial charge on any atom is 0.279 e. The fourth-order valence-electron chi connectivity index (χ4n) is 3.47. The molecule has 0 aliphatic heterocycles. The Bertz CT molecular complexity index is 1780. The SMILES string of the molecule is C#CCn1c(=NC(=O)c2ccc(S(=O)(=O)N(C)c3ccccc3)cc2)sc2cc(S(C)(=O)=O)ccc21. The number of benzene rings is 3. The number of amides is 1. The lowest BCUT2D eigenvalue weighted by molar-refractivity contribution is 0.0997. The van der Waals surface area contributed by atoms with Crippen LogP contribution < -0.4 is 9.11 Å². The van der Waals surface area contributed by atoms with Gasteiger partial charge in [-0.2, -0.15) is 4.99 Å². The van der Waals surface area contributed by atoms with Crippen LogP contribution in [0, 0.1) is 12.3 Å². The van der Waals surface area contributed by atoms with E-state index in [1.165, 1.54) is 47.8 Å². The molecule has 0 saturated carbocycles. The van der Waals surface area contributed by atoms with Crippen molar-refractivity contribution < 1.29 is 21.6 Å². The largest absolute Gasteiger partial charge is 0.305 e. The minimum atomic E-state index is -3.82. The molecule has 1 aromatic heterocycles. The molecule has 1 amide bonds. The highest BCUT2D eigenvalue weighted by atomic mass is 32.2. The first-order valence-corrected chi connectivity index (χ1v) is 14.7. The van der Waals surface area contributed by atoms with Crippen molar-refractivity contribution in [3.63, 3.8) is 0 Å². The summed E-state index contributed by atoms with van der Waals surface area (Å²) in [5.41, 5.74) is 1.36. The van der Waals surface area contributed by atoms with Crippen molar-refractivity contribution in [2.75, 3.05) is 17.6 Å². The number of carbonyl (C=O) groups is 1. The van der Waals surface area contributed by atoms with Crippen LogP contribution in [-0.4, -0.2) is 40.6 Å². The summed E-state index contributed by atoms with van der Waals surface area (Å²) in [6.07, 6.45) is 6.61. The molecule has 0 aliphatic rings. The van der Waals surface area contributed by atoms with Crippen LogP contribution in [0.25, 0.3) is 10.2 Å². The molecule has 36 heavy (non-hydrogen) atoms. The van der Waals surface area contributed by atoms with E-state index in [0.29, 0.717) is 20.7 Å². The summed E-state index contributed by atoms with van der Waals surface area (Å²) in [4.78, 5) is 17.6. The number of aromatic nitrogens is 1. The molecule has 0 N–H and O–H groups in total. The normalized spacial score (nSPS) is 12.4. The molecule has 1 heterocycles. The first-order chi connectivity index (χ1) is 17.0. The number of fused-ring (bicyclic) bond motifs is 1. The van der Waals surface area contributed by atoms with Crippen LogP contribution >= 0.6 is 11.3 Å². The van der Waals surface area contributed by atoms with E-state index in [4.69, 9.17) is 6.42 Å². The Hall–Kier alpha value is -3.72. The number of sulfonamides is 1. The fourth-order valence-corrected chi connectivity index (χ4v) is 6.45. The first-order valence-electron chi connectivity index (χ1n) is 10.5. The summed E-state index contributed by atoms with van der Waals surface area (Å²) in [7, 11) is -5.77. The third-order valence-corrected chi connectivity index (χ3v) is 9.36. The molecule has 0 atom stereocenters. The van der Waals surface area contributed by atoms with Gasteiger partial charge >= 0.3 is 0 Å². The van der Waals surface area contributed by atoms with Gasteiger partial charge in [-0.15, -0.1) is 6.42 Å². The zero-order chi connectivity index (χ0) is 26.1. The molecule has 0 saturated heterocycles. The molecule has 8 nitrogen and oxygen atoms in total. The Morgan fingerprint density at radius 1 is 1.00 bits per heavy atom. The Morgan fingerprint density at radius 3 is 2.25 bits per heavy atom. The summed E-state index contributed by atoms with van der Waals surface area (Å²) in [6, 6.07) is 18.8. The average molecular weight is 540 g/mol. The molecule has 0 fully saturated rings. The second kappa shape index (κ2) is 9.73. The van der Waals surface area contributed by atoms with E-state index in [1.54, 1.807) is 41.0 Å². The molecule has 0 unspecified atom stereocenters. The van der Waals surface area contributed by atoms with Gasteiger partial charge in [-0.3, -0.25) is 9.10 Å². The second-order valence-electron chi connectivity index (χ2n) is 7.83. The molecule has 0 radical (unpaired) electrons. The lowest BCUT2D eigenvalue weighted by Crippen LogP contribution is -2.26. The number of terminal acetylenes is 1. The van der Waals surface area contributed by atoms with E-state index >= 15 is 0 Å². The Balaban J connectivity index is 1.69. The standard InChI is InChI=1S/C25H21N3O5S3/c1-4-16-28-22-15-14-21(35(3,30)31)17-23(22)34-25(28)26-24(29)18-10-12-20(13-11-18)36(32,33)27(2)19-8-6-5-7-9-19/h1,5-15,17H,16H2,2-3H3. The maximum atomic E-state index is 13.0. The smallest absolute Gasteiger partial charge is 0.279 e. The van der Waals surface area contributed by atoms with Crippen LogP contribution in [0.5, 0.6) is 0 Å². The maximum absolute atomic E-state index is 13.0. The van der Waals surface area contributed by atoms with E-state index in [2.05, 4.69) is 10.9 Å². The minimum absolute atomic E-state index is 0.0305. The van der Waals surface area contributed by atoms with Crippen molar-refractivity contribution >= 4 is 53.0 Å². The van der Waals surface area contributed by atoms with Gasteiger partial charge in [-0.25, -0.2) is 16.8 Å². The predicted octanol–water partition coefficient (Wildman–Crippen LogP) is 3.31. The zero-order valence-electron chi connectivity index (χ0n) is 19.3. The summed E-state index contributed by atoms with van der Waals surface area (Å²) in [6.45, 7) is 0.132. The zero-order valence-corrected chi connectivity index (χ0v) is 21.8. The highest BCUT2D eigenvalue weighted by Crippen LogP contribution is 2.23. The molecular weight excluding hydrogens is 518 g/mol. The number of hydrogen-bond acceptors (Lipinski definition) is 6. The van der Waals surface area contributed by atoms with E-state index in [0.717, 1.165) is 17.6 Å². The van der Waals surface area contributed by atoms with Crippen molar-refractivity contribution in [3.8, 4) is 12.3 Å². The van der Waals surface area contributed by atoms with Crippen molar-refractivity contribution in [1.29, 1.82) is 0 Å². The minimum Gasteiger partial charge on any atom is -0.305 e. The first kappa shape index (κ1) is 25.4. The van der Waals surface area contributed by atoms with Gasteiger partial charge in [0.05, 0.1) is 32.2 Å². The van der Waals surface area contributed by atoms with E-state index in [1.807, 2.05) is 0 Å². The Labute approximate surface area is 213 Å². The molecule has 4 rings (SSSR count). The summed E-state index contributed by atoms with van der Waals surface area (Å²) >= 11 is 1.14. The number of hydrogen-bond donors (Lipinski definition) is 0. The molecular formula is C25H21N3O5S3. The molecule has 3 aromatic carbocycles. The van der Waals surface area contributed by atoms with Crippen LogP contribution in [0.1, 0.15) is 10.4 Å². The van der Waals surface area contributed by atoms with Crippen molar-refractivity contribution in [2.24, 2.45) is 4.99 Å². The molecule has 0 spiro atoms. The number of nitrogens with zero attached hydrogens (tertiary/aromatic N) is 3.